The van der Waals surface area contributed by atoms with Gasteiger partial charge in [0.2, 0.25) is 0 Å². The zero-order valence-corrected chi connectivity index (χ0v) is 12.8. The fraction of sp³-hybridized carbons (Fsp3) is 0.278. The van der Waals surface area contributed by atoms with Gasteiger partial charge in [-0.1, -0.05) is 12.1 Å². The maximum absolute atomic E-state index is 6.13. The molecular weight excluding hydrogens is 272 g/mol. The van der Waals surface area contributed by atoms with Crippen molar-refractivity contribution >= 4 is 17.0 Å². The summed E-state index contributed by atoms with van der Waals surface area (Å²) in [5.41, 5.74) is 12.9. The quantitative estimate of drug-likeness (QED) is 0.738. The van der Waals surface area contributed by atoms with Gasteiger partial charge in [0.05, 0.1) is 12.2 Å². The van der Waals surface area contributed by atoms with E-state index in [2.05, 4.69) is 46.8 Å². The van der Waals surface area contributed by atoms with Crippen molar-refractivity contribution in [1.82, 2.24) is 9.38 Å². The van der Waals surface area contributed by atoms with E-state index in [1.54, 1.807) is 0 Å². The first-order valence-corrected chi connectivity index (χ1v) is 7.77. The van der Waals surface area contributed by atoms with Gasteiger partial charge in [-0.15, -0.1) is 0 Å². The summed E-state index contributed by atoms with van der Waals surface area (Å²) in [7, 11) is 0. The molecule has 4 nitrogen and oxygen atoms in total. The number of aryl methyl sites for hydroxylation is 1. The number of imidazole rings is 1. The van der Waals surface area contributed by atoms with Gasteiger partial charge in [-0.2, -0.15) is 0 Å². The van der Waals surface area contributed by atoms with E-state index in [-0.39, 0.29) is 0 Å². The molecule has 0 atom stereocenters. The molecule has 0 aliphatic carbocycles. The van der Waals surface area contributed by atoms with Crippen molar-refractivity contribution in [1.29, 1.82) is 0 Å². The highest BCUT2D eigenvalue weighted by Crippen LogP contribution is 2.32. The molecule has 2 aromatic heterocycles. The summed E-state index contributed by atoms with van der Waals surface area (Å²) in [5, 5.41) is 0. The van der Waals surface area contributed by atoms with Crippen LogP contribution >= 0.6 is 0 Å². The molecule has 4 heteroatoms. The Kier molecular flexibility index (Phi) is 3.03. The van der Waals surface area contributed by atoms with Crippen molar-refractivity contribution < 1.29 is 0 Å². The van der Waals surface area contributed by atoms with Gasteiger partial charge in [0.15, 0.2) is 0 Å². The number of pyridine rings is 1. The second kappa shape index (κ2) is 5.05. The van der Waals surface area contributed by atoms with Crippen LogP contribution in [0.25, 0.3) is 5.65 Å². The Labute approximate surface area is 130 Å². The molecule has 0 unspecified atom stereocenters. The van der Waals surface area contributed by atoms with E-state index in [0.717, 1.165) is 43.0 Å². The normalized spacial score (nSPS) is 14.3. The first-order valence-electron chi connectivity index (χ1n) is 7.77. The molecule has 0 saturated carbocycles. The Morgan fingerprint density at radius 3 is 3.00 bits per heavy atom. The molecule has 3 heterocycles. The predicted molar refractivity (Wildman–Crippen MR) is 90.2 cm³/mol. The van der Waals surface area contributed by atoms with Crippen molar-refractivity contribution in [3.63, 3.8) is 0 Å². The van der Waals surface area contributed by atoms with Crippen LogP contribution in [0, 0.1) is 6.92 Å². The summed E-state index contributed by atoms with van der Waals surface area (Å²) in [6.45, 7) is 3.99. The lowest BCUT2D eigenvalue weighted by atomic mass is 10.00. The molecule has 0 radical (unpaired) electrons. The van der Waals surface area contributed by atoms with Gasteiger partial charge >= 0.3 is 0 Å². The topological polar surface area (TPSA) is 46.6 Å². The minimum absolute atomic E-state index is 0.831. The summed E-state index contributed by atoms with van der Waals surface area (Å²) in [6.07, 6.45) is 6.47. The third-order valence-electron chi connectivity index (χ3n) is 4.38. The Morgan fingerprint density at radius 2 is 2.09 bits per heavy atom. The summed E-state index contributed by atoms with van der Waals surface area (Å²) < 4.78 is 2.11. The number of hydrogen-bond acceptors (Lipinski definition) is 3. The lowest BCUT2D eigenvalue weighted by Crippen LogP contribution is -2.29. The number of benzene rings is 1. The van der Waals surface area contributed by atoms with Gasteiger partial charge < -0.3 is 15.0 Å². The molecule has 112 valence electrons. The average Bonchev–Trinajstić information content (AvgIpc) is 2.90. The molecule has 22 heavy (non-hydrogen) atoms. The molecular formula is C18H20N4. The number of aromatic nitrogens is 2. The number of anilines is 2. The third-order valence-corrected chi connectivity index (χ3v) is 4.38. The highest BCUT2D eigenvalue weighted by Gasteiger charge is 2.19. The molecule has 0 saturated heterocycles. The minimum atomic E-state index is 0.831. The average molecular weight is 292 g/mol. The molecule has 0 amide bonds. The van der Waals surface area contributed by atoms with Crippen LogP contribution in [-0.4, -0.2) is 15.9 Å². The van der Waals surface area contributed by atoms with Crippen LogP contribution in [0.4, 0.5) is 11.4 Å². The van der Waals surface area contributed by atoms with E-state index in [1.165, 1.54) is 16.8 Å². The van der Waals surface area contributed by atoms with E-state index in [4.69, 9.17) is 10.7 Å². The van der Waals surface area contributed by atoms with E-state index >= 15 is 0 Å². The Bertz CT molecular complexity index is 834. The maximum atomic E-state index is 6.13. The second-order valence-electron chi connectivity index (χ2n) is 6.07. The van der Waals surface area contributed by atoms with Crippen LogP contribution in [0.3, 0.4) is 0 Å². The molecule has 1 aliphatic heterocycles. The van der Waals surface area contributed by atoms with Crippen LogP contribution in [0.5, 0.6) is 0 Å². The molecule has 1 aromatic carbocycles. The standard InChI is InChI=1S/C18H20N4/c1-13-7-8-18-20-14(12-22(18)10-13)11-21-9-3-4-15-16(19)5-2-6-17(15)21/h2,5-8,10,12H,3-4,9,11,19H2,1H3. The largest absolute Gasteiger partial charge is 0.398 e. The van der Waals surface area contributed by atoms with Gasteiger partial charge in [0, 0.05) is 30.3 Å². The zero-order chi connectivity index (χ0) is 15.1. The van der Waals surface area contributed by atoms with Gasteiger partial charge in [-0.3, -0.25) is 0 Å². The fourth-order valence-electron chi connectivity index (χ4n) is 3.32. The van der Waals surface area contributed by atoms with Gasteiger partial charge in [0.25, 0.3) is 0 Å². The highest BCUT2D eigenvalue weighted by molar-refractivity contribution is 5.66. The van der Waals surface area contributed by atoms with Crippen molar-refractivity contribution in [2.24, 2.45) is 0 Å². The lowest BCUT2D eigenvalue weighted by molar-refractivity contribution is 0.687. The smallest absolute Gasteiger partial charge is 0.137 e. The SMILES string of the molecule is Cc1ccc2nc(CN3CCCc4c(N)cccc43)cn2c1. The van der Waals surface area contributed by atoms with Gasteiger partial charge in [0.1, 0.15) is 5.65 Å². The summed E-state index contributed by atoms with van der Waals surface area (Å²) in [6, 6.07) is 10.4. The Balaban J connectivity index is 1.67. The Morgan fingerprint density at radius 1 is 1.18 bits per heavy atom. The van der Waals surface area contributed by atoms with E-state index in [1.807, 2.05) is 12.1 Å². The highest BCUT2D eigenvalue weighted by atomic mass is 15.2. The summed E-state index contributed by atoms with van der Waals surface area (Å²) >= 11 is 0. The second-order valence-corrected chi connectivity index (χ2v) is 6.07. The molecule has 0 bridgehead atoms. The fourth-order valence-corrected chi connectivity index (χ4v) is 3.32. The summed E-state index contributed by atoms with van der Waals surface area (Å²) in [4.78, 5) is 7.13. The summed E-state index contributed by atoms with van der Waals surface area (Å²) in [5.74, 6) is 0. The van der Waals surface area contributed by atoms with Crippen LogP contribution < -0.4 is 10.6 Å². The first-order chi connectivity index (χ1) is 10.7. The number of nitrogens with zero attached hydrogens (tertiary/aromatic N) is 3. The van der Waals surface area contributed by atoms with Crippen LogP contribution in [0.2, 0.25) is 0 Å². The van der Waals surface area contributed by atoms with Crippen molar-refractivity contribution in [3.8, 4) is 0 Å². The van der Waals surface area contributed by atoms with Gasteiger partial charge in [-0.05, 0) is 49.1 Å². The van der Waals surface area contributed by atoms with Crippen LogP contribution in [0.1, 0.15) is 23.2 Å². The number of nitrogens with two attached hydrogens (primary N) is 1. The van der Waals surface area contributed by atoms with Crippen molar-refractivity contribution in [3.05, 3.63) is 59.5 Å². The van der Waals surface area contributed by atoms with E-state index in [0.29, 0.717) is 0 Å². The van der Waals surface area contributed by atoms with E-state index < -0.39 is 0 Å². The minimum Gasteiger partial charge on any atom is -0.398 e. The van der Waals surface area contributed by atoms with E-state index in [9.17, 15) is 0 Å². The molecule has 0 spiro atoms. The lowest BCUT2D eigenvalue weighted by Gasteiger charge is -2.31. The molecule has 0 fully saturated rings. The molecule has 3 aromatic rings. The Hall–Kier alpha value is -2.49. The van der Waals surface area contributed by atoms with Crippen LogP contribution in [-0.2, 0) is 13.0 Å². The maximum Gasteiger partial charge on any atom is 0.137 e. The van der Waals surface area contributed by atoms with Crippen molar-refractivity contribution in [2.75, 3.05) is 17.2 Å². The monoisotopic (exact) mass is 292 g/mol. The third kappa shape index (κ3) is 2.21. The molecule has 2 N–H and O–H groups in total. The van der Waals surface area contributed by atoms with Crippen molar-refractivity contribution in [2.45, 2.75) is 26.3 Å². The zero-order valence-electron chi connectivity index (χ0n) is 12.8. The number of rotatable bonds is 2. The number of fused-ring (bicyclic) bond motifs is 2. The molecule has 4 rings (SSSR count). The van der Waals surface area contributed by atoms with Crippen LogP contribution in [0.15, 0.2) is 42.7 Å². The predicted octanol–water partition coefficient (Wildman–Crippen LogP) is 3.18. The molecule has 1 aliphatic rings. The first kappa shape index (κ1) is 13.2. The number of nitrogen functional groups attached to an aromatic ring is 1. The number of hydrogen-bond donors (Lipinski definition) is 1. The van der Waals surface area contributed by atoms with Gasteiger partial charge in [-0.25, -0.2) is 4.98 Å².